The monoisotopic (exact) mass is 434 g/mol. The first-order valence-electron chi connectivity index (χ1n) is 12.4. The van der Waals surface area contributed by atoms with Crippen molar-refractivity contribution in [1.29, 1.82) is 0 Å². The van der Waals surface area contributed by atoms with Crippen LogP contribution in [0, 0.1) is 36.0 Å². The van der Waals surface area contributed by atoms with E-state index in [0.29, 0.717) is 12.5 Å². The van der Waals surface area contributed by atoms with E-state index in [0.717, 1.165) is 43.7 Å². The molecule has 5 rings (SSSR count). The lowest BCUT2D eigenvalue weighted by molar-refractivity contribution is -0.153. The minimum absolute atomic E-state index is 0.0797. The van der Waals surface area contributed by atoms with Crippen molar-refractivity contribution in [3.8, 4) is 0 Å². The molecule has 4 aliphatic carbocycles. The Bertz CT molecular complexity index is 605. The molecule has 0 amide bonds. The Morgan fingerprint density at radius 2 is 1.52 bits per heavy atom. The summed E-state index contributed by atoms with van der Waals surface area (Å²) in [5.74, 6) is 2.09. The molecule has 31 heavy (non-hydrogen) atoms. The van der Waals surface area contributed by atoms with Gasteiger partial charge in [-0.1, -0.05) is 0 Å². The number of nitrogens with zero attached hydrogens (tertiary/aromatic N) is 1. The molecular weight excluding hydrogens is 394 g/mol. The van der Waals surface area contributed by atoms with Crippen molar-refractivity contribution in [2.75, 3.05) is 26.3 Å². The third-order valence-electron chi connectivity index (χ3n) is 8.07. The molecule has 0 spiro atoms. The van der Waals surface area contributed by atoms with Crippen molar-refractivity contribution in [1.82, 2.24) is 4.90 Å². The van der Waals surface area contributed by atoms with E-state index in [-0.39, 0.29) is 36.6 Å². The van der Waals surface area contributed by atoms with E-state index in [1.165, 1.54) is 38.5 Å². The average Bonchev–Trinajstić information content (AvgIpc) is 2.70. The fourth-order valence-corrected chi connectivity index (χ4v) is 6.99. The molecule has 4 saturated carbocycles. The predicted molar refractivity (Wildman–Crippen MR) is 117 cm³/mol. The highest BCUT2D eigenvalue weighted by Gasteiger charge is 2.51. The molecule has 0 N–H and O–H groups in total. The van der Waals surface area contributed by atoms with E-state index in [9.17, 15) is 9.59 Å². The quantitative estimate of drug-likeness (QED) is 0.520. The van der Waals surface area contributed by atoms with E-state index < -0.39 is 6.16 Å². The largest absolute Gasteiger partial charge is 0.508 e. The molecule has 1 atom stereocenters. The lowest BCUT2D eigenvalue weighted by Gasteiger charge is -2.56. The zero-order valence-corrected chi connectivity index (χ0v) is 19.4. The number of piperidine rings is 1. The van der Waals surface area contributed by atoms with Crippen LogP contribution in [0.2, 0.25) is 0 Å². The van der Waals surface area contributed by atoms with Gasteiger partial charge in [0.05, 0.1) is 13.0 Å². The second-order valence-corrected chi connectivity index (χ2v) is 11.2. The number of esters is 1. The third kappa shape index (κ3) is 5.94. The summed E-state index contributed by atoms with van der Waals surface area (Å²) < 4.78 is 16.2. The maximum atomic E-state index is 12.5. The highest BCUT2D eigenvalue weighted by molar-refractivity contribution is 5.70. The van der Waals surface area contributed by atoms with Crippen LogP contribution in [0.1, 0.15) is 71.6 Å². The molecule has 6 nitrogen and oxygen atoms in total. The predicted octanol–water partition coefficient (Wildman–Crippen LogP) is 4.61. The first-order valence-corrected chi connectivity index (χ1v) is 12.4. The maximum absolute atomic E-state index is 12.5. The van der Waals surface area contributed by atoms with Gasteiger partial charge in [0.15, 0.2) is 0 Å². The van der Waals surface area contributed by atoms with Crippen LogP contribution in [0.3, 0.4) is 0 Å². The van der Waals surface area contributed by atoms with Gasteiger partial charge in [0.1, 0.15) is 12.7 Å². The van der Waals surface area contributed by atoms with Crippen molar-refractivity contribution in [2.24, 2.45) is 29.1 Å². The smallest absolute Gasteiger partial charge is 0.465 e. The number of ether oxygens (including phenoxy) is 3. The van der Waals surface area contributed by atoms with Crippen molar-refractivity contribution in [2.45, 2.75) is 83.8 Å². The van der Waals surface area contributed by atoms with Gasteiger partial charge in [0.25, 0.3) is 0 Å². The SMILES string of the molecule is [CH2]C(COC(=O)CC12CC3CC(CC(C3)C1)C2)COC(=O)OC1CCN(C(C)C)CC1. The summed E-state index contributed by atoms with van der Waals surface area (Å²) in [4.78, 5) is 26.9. The molecule has 1 saturated heterocycles. The molecule has 5 fully saturated rings. The Balaban J connectivity index is 1.10. The number of rotatable bonds is 8. The summed E-state index contributed by atoms with van der Waals surface area (Å²) in [5, 5.41) is 0. The van der Waals surface area contributed by atoms with Crippen LogP contribution in [0.4, 0.5) is 4.79 Å². The fraction of sp³-hybridized carbons (Fsp3) is 0.880. The van der Waals surface area contributed by atoms with Gasteiger partial charge in [0, 0.05) is 25.0 Å². The van der Waals surface area contributed by atoms with Crippen LogP contribution in [0.15, 0.2) is 0 Å². The summed E-state index contributed by atoms with van der Waals surface area (Å²) >= 11 is 0. The van der Waals surface area contributed by atoms with Gasteiger partial charge in [-0.2, -0.15) is 0 Å². The first-order chi connectivity index (χ1) is 14.8. The Morgan fingerprint density at radius 3 is 2.06 bits per heavy atom. The van der Waals surface area contributed by atoms with Gasteiger partial charge in [-0.3, -0.25) is 4.79 Å². The van der Waals surface area contributed by atoms with Gasteiger partial charge in [-0.15, -0.1) is 0 Å². The van der Waals surface area contributed by atoms with E-state index in [4.69, 9.17) is 14.2 Å². The van der Waals surface area contributed by atoms with Gasteiger partial charge < -0.3 is 19.1 Å². The van der Waals surface area contributed by atoms with Gasteiger partial charge in [-0.25, -0.2) is 4.79 Å². The highest BCUT2D eigenvalue weighted by Crippen LogP contribution is 2.61. The number of carbonyl (C=O) groups excluding carboxylic acids is 2. The van der Waals surface area contributed by atoms with Gasteiger partial charge in [0.2, 0.25) is 0 Å². The maximum Gasteiger partial charge on any atom is 0.508 e. The molecule has 1 heterocycles. The Hall–Kier alpha value is -1.30. The second kappa shape index (κ2) is 9.68. The number of likely N-dealkylation sites (tertiary alicyclic amines) is 1. The van der Waals surface area contributed by atoms with E-state index in [2.05, 4.69) is 25.7 Å². The average molecular weight is 435 g/mol. The molecule has 0 aromatic heterocycles. The molecule has 1 radical (unpaired) electrons. The van der Waals surface area contributed by atoms with Crippen molar-refractivity contribution < 1.29 is 23.8 Å². The standard InChI is InChI=1S/C25H40NO5/c1-17(2)26-6-4-22(5-7-26)31-24(28)30-16-18(3)15-29-23(27)14-25-11-19-8-20(12-25)10-21(9-19)13-25/h17-22H,3-16H2,1-2H3. The molecule has 1 aliphatic heterocycles. The van der Waals surface area contributed by atoms with Crippen LogP contribution in [-0.4, -0.2) is 55.5 Å². The molecule has 0 aromatic carbocycles. The van der Waals surface area contributed by atoms with Crippen molar-refractivity contribution in [3.63, 3.8) is 0 Å². The molecule has 0 aromatic rings. The van der Waals surface area contributed by atoms with Crippen molar-refractivity contribution >= 4 is 12.1 Å². The minimum atomic E-state index is -0.642. The third-order valence-corrected chi connectivity index (χ3v) is 8.07. The second-order valence-electron chi connectivity index (χ2n) is 11.2. The zero-order valence-electron chi connectivity index (χ0n) is 19.4. The first kappa shape index (κ1) is 22.9. The van der Waals surface area contributed by atoms with E-state index >= 15 is 0 Å². The van der Waals surface area contributed by atoms with E-state index in [1.807, 2.05) is 0 Å². The number of hydrogen-bond acceptors (Lipinski definition) is 6. The molecular formula is C25H40NO5. The number of carbonyl (C=O) groups is 2. The normalized spacial score (nSPS) is 34.0. The van der Waals surface area contributed by atoms with Crippen LogP contribution < -0.4 is 0 Å². The van der Waals surface area contributed by atoms with Crippen molar-refractivity contribution in [3.05, 3.63) is 6.92 Å². The van der Waals surface area contributed by atoms with Crippen LogP contribution in [0.5, 0.6) is 0 Å². The summed E-state index contributed by atoms with van der Waals surface area (Å²) in [6, 6.07) is 0.519. The minimum Gasteiger partial charge on any atom is -0.465 e. The summed E-state index contributed by atoms with van der Waals surface area (Å²) in [6.45, 7) is 10.5. The topological polar surface area (TPSA) is 65.1 Å². The molecule has 5 aliphatic rings. The number of hydrogen-bond donors (Lipinski definition) is 0. The van der Waals surface area contributed by atoms with Crippen LogP contribution in [0.25, 0.3) is 0 Å². The summed E-state index contributed by atoms with van der Waals surface area (Å²) in [5.41, 5.74) is 0.188. The van der Waals surface area contributed by atoms with Crippen LogP contribution >= 0.6 is 0 Å². The fourth-order valence-electron chi connectivity index (χ4n) is 6.99. The Labute approximate surface area is 187 Å². The lowest BCUT2D eigenvalue weighted by atomic mass is 9.49. The van der Waals surface area contributed by atoms with Crippen LogP contribution in [-0.2, 0) is 19.0 Å². The van der Waals surface area contributed by atoms with Gasteiger partial charge >= 0.3 is 12.1 Å². The summed E-state index contributed by atoms with van der Waals surface area (Å²) in [6.07, 6.45) is 9.22. The molecule has 4 bridgehead atoms. The lowest BCUT2D eigenvalue weighted by Crippen LogP contribution is -2.47. The summed E-state index contributed by atoms with van der Waals surface area (Å²) in [7, 11) is 0. The Kier molecular flexibility index (Phi) is 7.14. The van der Waals surface area contributed by atoms with Gasteiger partial charge in [-0.05, 0) is 95.3 Å². The highest BCUT2D eigenvalue weighted by atomic mass is 16.7. The van der Waals surface area contributed by atoms with E-state index in [1.54, 1.807) is 0 Å². The Morgan fingerprint density at radius 1 is 0.968 bits per heavy atom. The molecule has 6 heteroatoms. The molecule has 1 unspecified atom stereocenters. The molecule has 175 valence electrons. The zero-order chi connectivity index (χ0) is 22.0.